The summed E-state index contributed by atoms with van der Waals surface area (Å²) >= 11 is 0. The topological polar surface area (TPSA) is 157 Å². The normalized spacial score (nSPS) is 13.7. The molecule has 368 valence electrons. The summed E-state index contributed by atoms with van der Waals surface area (Å²) in [4.78, 5) is 25.0. The quantitative estimate of drug-likeness (QED) is 0.0482. The Labute approximate surface area is 427 Å². The summed E-state index contributed by atoms with van der Waals surface area (Å²) in [5, 5.41) is 26.4. The van der Waals surface area contributed by atoms with Gasteiger partial charge in [-0.3, -0.25) is 0 Å². The van der Waals surface area contributed by atoms with Crippen LogP contribution >= 0.6 is 0 Å². The Hall–Kier alpha value is -2.90. The van der Waals surface area contributed by atoms with Crippen molar-refractivity contribution < 1.29 is 121 Å². The van der Waals surface area contributed by atoms with Crippen LogP contribution in [0.15, 0.2) is 21.2 Å². The van der Waals surface area contributed by atoms with Crippen molar-refractivity contribution >= 4 is 33.9 Å². The van der Waals surface area contributed by atoms with Crippen molar-refractivity contribution in [1.29, 1.82) is 0 Å². The van der Waals surface area contributed by atoms with Gasteiger partial charge >= 0.3 is 75.7 Å². The Morgan fingerprint density at radius 3 is 1.26 bits per heavy atom. The monoisotopic (exact) mass is 970 g/mol. The number of aryl methyl sites for hydroxylation is 4. The smallest absolute Gasteiger partial charge is 0.850 e. The molecule has 0 saturated heterocycles. The maximum absolute atomic E-state index is 13.5. The molecule has 0 aliphatic carbocycles. The molecule has 0 fully saturated rings. The number of esters is 1. The molecule has 4 aromatic rings. The second kappa shape index (κ2) is 26.7. The number of nitrogens with zero attached hydrogens (tertiary/aromatic N) is 2. The summed E-state index contributed by atoms with van der Waals surface area (Å²) in [7, 11) is 0. The number of carboxylic acids is 1. The third kappa shape index (κ3) is 15.8. The van der Waals surface area contributed by atoms with Gasteiger partial charge < -0.3 is 33.5 Å². The van der Waals surface area contributed by atoms with E-state index in [2.05, 4.69) is 10.3 Å². The second-order valence-electron chi connectivity index (χ2n) is 17.0. The first-order valence-corrected chi connectivity index (χ1v) is 22.8. The zero-order valence-electron chi connectivity index (χ0n) is 41.1. The SMILES string of the molecule is CC(C)(C)[O-].CCCc1cc2c(C(F)(F)F)noc2c(CCC)c1OC(CC)(CCC)C(=O)O.CCCc1cc2c(C(F)(F)F)noc2c(CCC)c1OC(CC)(CCC)C(=O)OCC.[K+]. The van der Waals surface area contributed by atoms with Crippen LogP contribution in [0.3, 0.4) is 0 Å². The number of halogens is 6. The number of fused-ring (bicyclic) bond motifs is 2. The number of hydrogen-bond acceptors (Lipinski definition) is 10. The molecule has 2 aromatic carbocycles. The molecule has 18 heteroatoms. The van der Waals surface area contributed by atoms with E-state index in [4.69, 9.17) is 23.3 Å². The fraction of sp³-hybridized carbons (Fsp3) is 0.667. The fourth-order valence-electron chi connectivity index (χ4n) is 7.55. The largest absolute Gasteiger partial charge is 1.00 e. The maximum Gasteiger partial charge on any atom is 1.00 e. The molecule has 66 heavy (non-hydrogen) atoms. The number of benzene rings is 2. The van der Waals surface area contributed by atoms with Gasteiger partial charge in [0.15, 0.2) is 22.6 Å². The molecular formula is C48H69F6KN2O9. The van der Waals surface area contributed by atoms with Crippen LogP contribution in [0.5, 0.6) is 11.5 Å². The molecule has 4 rings (SSSR count). The number of carbonyl (C=O) groups is 2. The molecule has 0 amide bonds. The van der Waals surface area contributed by atoms with Gasteiger partial charge in [-0.1, -0.05) is 125 Å². The number of carboxylic acid groups (broad SMARTS) is 1. The first kappa shape index (κ1) is 61.1. The van der Waals surface area contributed by atoms with Gasteiger partial charge in [-0.2, -0.15) is 26.3 Å². The van der Waals surface area contributed by atoms with Crippen molar-refractivity contribution in [3.05, 3.63) is 45.8 Å². The van der Waals surface area contributed by atoms with E-state index in [0.29, 0.717) is 111 Å². The van der Waals surface area contributed by atoms with Crippen molar-refractivity contribution in [2.75, 3.05) is 6.61 Å². The third-order valence-electron chi connectivity index (χ3n) is 10.4. The van der Waals surface area contributed by atoms with Crippen LogP contribution < -0.4 is 66.0 Å². The van der Waals surface area contributed by atoms with Crippen LogP contribution in [0, 0.1) is 0 Å². The van der Waals surface area contributed by atoms with E-state index < -0.39 is 52.5 Å². The molecular weight excluding hydrogens is 902 g/mol. The zero-order valence-corrected chi connectivity index (χ0v) is 44.3. The van der Waals surface area contributed by atoms with Gasteiger partial charge in [0.05, 0.1) is 17.4 Å². The van der Waals surface area contributed by atoms with Gasteiger partial charge in [0.1, 0.15) is 11.5 Å². The Kier molecular flexibility index (Phi) is 24.8. The Bertz CT molecular complexity index is 2140. The summed E-state index contributed by atoms with van der Waals surface area (Å²) in [6, 6.07) is 2.84. The van der Waals surface area contributed by atoms with E-state index in [1.54, 1.807) is 34.6 Å². The van der Waals surface area contributed by atoms with Gasteiger partial charge in [0.25, 0.3) is 0 Å². The Morgan fingerprint density at radius 1 is 0.621 bits per heavy atom. The molecule has 1 N–H and O–H groups in total. The van der Waals surface area contributed by atoms with E-state index >= 15 is 0 Å². The van der Waals surface area contributed by atoms with E-state index in [-0.39, 0.29) is 92.8 Å². The van der Waals surface area contributed by atoms with Gasteiger partial charge in [0, 0.05) is 11.1 Å². The molecule has 2 atom stereocenters. The molecule has 0 aliphatic rings. The zero-order chi connectivity index (χ0) is 49.6. The summed E-state index contributed by atoms with van der Waals surface area (Å²) in [5.74, 6) is -0.800. The van der Waals surface area contributed by atoms with Crippen molar-refractivity contribution in [2.45, 2.75) is 202 Å². The molecule has 0 saturated carbocycles. The number of aromatic nitrogens is 2. The summed E-state index contributed by atoms with van der Waals surface area (Å²) in [6.07, 6.45) is -2.23. The van der Waals surface area contributed by atoms with Crippen LogP contribution in [-0.4, -0.2) is 50.8 Å². The van der Waals surface area contributed by atoms with Crippen molar-refractivity contribution in [1.82, 2.24) is 10.3 Å². The van der Waals surface area contributed by atoms with Gasteiger partial charge in [-0.05, 0) is 81.5 Å². The van der Waals surface area contributed by atoms with E-state index in [1.807, 2.05) is 48.5 Å². The van der Waals surface area contributed by atoms with Crippen LogP contribution in [0.1, 0.15) is 181 Å². The van der Waals surface area contributed by atoms with Crippen LogP contribution in [0.4, 0.5) is 26.3 Å². The summed E-state index contributed by atoms with van der Waals surface area (Å²) < 4.78 is 109. The van der Waals surface area contributed by atoms with Crippen LogP contribution in [0.2, 0.25) is 0 Å². The molecule has 2 heterocycles. The number of ether oxygens (including phenoxy) is 3. The second-order valence-corrected chi connectivity index (χ2v) is 17.0. The third-order valence-corrected chi connectivity index (χ3v) is 10.4. The van der Waals surface area contributed by atoms with Crippen LogP contribution in [-0.2, 0) is 52.4 Å². The summed E-state index contributed by atoms with van der Waals surface area (Å²) in [6.45, 7) is 21.9. The van der Waals surface area contributed by atoms with E-state index in [1.165, 1.54) is 12.1 Å². The number of rotatable bonds is 21. The van der Waals surface area contributed by atoms with Gasteiger partial charge in [-0.25, -0.2) is 9.59 Å². The first-order valence-electron chi connectivity index (χ1n) is 22.8. The molecule has 0 bridgehead atoms. The first-order chi connectivity index (χ1) is 30.3. The van der Waals surface area contributed by atoms with Crippen molar-refractivity contribution in [3.63, 3.8) is 0 Å². The Balaban J connectivity index is 0.000000591. The molecule has 11 nitrogen and oxygen atoms in total. The summed E-state index contributed by atoms with van der Waals surface area (Å²) in [5.41, 5.74) is -3.30. The van der Waals surface area contributed by atoms with Crippen molar-refractivity contribution in [3.8, 4) is 11.5 Å². The number of aliphatic carboxylic acids is 1. The molecule has 0 spiro atoms. The van der Waals surface area contributed by atoms with Crippen LogP contribution in [0.25, 0.3) is 21.9 Å². The minimum absolute atomic E-state index is 0. The molecule has 0 aliphatic heterocycles. The fourth-order valence-corrected chi connectivity index (χ4v) is 7.55. The predicted octanol–water partition coefficient (Wildman–Crippen LogP) is 9.96. The minimum Gasteiger partial charge on any atom is -0.850 e. The van der Waals surface area contributed by atoms with E-state index in [9.17, 15) is 46.1 Å². The van der Waals surface area contributed by atoms with E-state index in [0.717, 1.165) is 0 Å². The molecule has 0 radical (unpaired) electrons. The predicted molar refractivity (Wildman–Crippen MR) is 235 cm³/mol. The Morgan fingerprint density at radius 2 is 0.970 bits per heavy atom. The average molecular weight is 971 g/mol. The maximum atomic E-state index is 13.5. The molecule has 2 aromatic heterocycles. The van der Waals surface area contributed by atoms with Crippen molar-refractivity contribution in [2.24, 2.45) is 0 Å². The molecule has 2 unspecified atom stereocenters. The van der Waals surface area contributed by atoms with Gasteiger partial charge in [0.2, 0.25) is 11.2 Å². The standard InChI is InChI=1S/C23H32F3NO4.C21H28F3NO4.C4H9O.K/c1-6-11-15-14-17-19(31-27-20(17)23(24,25)26)16(12-7-2)18(15)30-22(9-4,13-8-3)21(28)29-10-5;1-5-9-13-12-15-17(29-25-18(15)21(22,23)24)14(10-6-2)16(13)28-20(8-4,11-7-3)19(26)27;1-4(2,3)5;/h14H,6-13H2,1-5H3;12H,5-11H2,1-4H3,(H,26,27);1-3H3;/q;;-1;+1. The number of alkyl halides is 6. The minimum atomic E-state index is -4.64. The van der Waals surface area contributed by atoms with Gasteiger partial charge in [-0.15, -0.1) is 5.60 Å². The average Bonchev–Trinajstić information content (AvgIpc) is 3.85. The number of carbonyl (C=O) groups excluding carboxylic acids is 1. The number of hydrogen-bond donors (Lipinski definition) is 1.